The lowest BCUT2D eigenvalue weighted by Crippen LogP contribution is -2.12. The Morgan fingerprint density at radius 2 is 2.00 bits per heavy atom. The summed E-state index contributed by atoms with van der Waals surface area (Å²) in [7, 11) is 1.14. The van der Waals surface area contributed by atoms with E-state index < -0.39 is 17.8 Å². The van der Waals surface area contributed by atoms with Crippen LogP contribution in [-0.4, -0.2) is 35.2 Å². The van der Waals surface area contributed by atoms with Gasteiger partial charge in [-0.15, -0.1) is 0 Å². The average molecular weight is 381 g/mol. The fraction of sp³-hybridized carbons (Fsp3) is 0.375. The Morgan fingerprint density at radius 1 is 1.26 bits per heavy atom. The largest absolute Gasteiger partial charge is 0.433 e. The number of aryl methyl sites for hydroxylation is 2. The molecule has 144 valence electrons. The van der Waals surface area contributed by atoms with Gasteiger partial charge in [-0.05, 0) is 13.8 Å². The van der Waals surface area contributed by atoms with Crippen molar-refractivity contribution in [1.82, 2.24) is 29.3 Å². The molecular weight excluding hydrogens is 363 g/mol. The molecule has 0 saturated heterocycles. The van der Waals surface area contributed by atoms with Crippen LogP contribution in [0.4, 0.5) is 18.9 Å². The fourth-order valence-corrected chi connectivity index (χ4v) is 2.69. The number of halogens is 3. The molecule has 0 fully saturated rings. The third-order valence-electron chi connectivity index (χ3n) is 4.13. The van der Waals surface area contributed by atoms with Crippen molar-refractivity contribution in [2.45, 2.75) is 33.1 Å². The van der Waals surface area contributed by atoms with E-state index in [9.17, 15) is 18.0 Å². The Labute approximate surface area is 152 Å². The molecule has 0 radical (unpaired) electrons. The van der Waals surface area contributed by atoms with Crippen LogP contribution in [0.2, 0.25) is 0 Å². The summed E-state index contributed by atoms with van der Waals surface area (Å²) >= 11 is 0. The molecule has 3 aromatic heterocycles. The highest BCUT2D eigenvalue weighted by Crippen LogP contribution is 2.29. The summed E-state index contributed by atoms with van der Waals surface area (Å²) in [6.45, 7) is 5.17. The highest BCUT2D eigenvalue weighted by molar-refractivity contribution is 6.02. The zero-order chi connectivity index (χ0) is 19.8. The zero-order valence-electron chi connectivity index (χ0n) is 14.9. The number of carbonyl (C=O) groups is 1. The monoisotopic (exact) mass is 381 g/mol. The van der Waals surface area contributed by atoms with Crippen LogP contribution in [0.5, 0.6) is 0 Å². The molecule has 3 aromatic rings. The Balaban J connectivity index is 1.70. The maximum absolute atomic E-state index is 12.8. The van der Waals surface area contributed by atoms with Gasteiger partial charge in [0.05, 0.1) is 24.6 Å². The smallest absolute Gasteiger partial charge is 0.318 e. The first-order valence-corrected chi connectivity index (χ1v) is 8.15. The number of nitrogens with zero attached hydrogens (tertiary/aromatic N) is 6. The Morgan fingerprint density at radius 3 is 2.59 bits per heavy atom. The maximum Gasteiger partial charge on any atom is 0.433 e. The van der Waals surface area contributed by atoms with Crippen LogP contribution in [0.3, 0.4) is 0 Å². The summed E-state index contributed by atoms with van der Waals surface area (Å²) in [5.41, 5.74) is 1.05. The van der Waals surface area contributed by atoms with Gasteiger partial charge in [0.1, 0.15) is 5.69 Å². The van der Waals surface area contributed by atoms with Crippen LogP contribution in [0.15, 0.2) is 24.7 Å². The van der Waals surface area contributed by atoms with Gasteiger partial charge in [-0.25, -0.2) is 0 Å². The van der Waals surface area contributed by atoms with Crippen molar-refractivity contribution in [2.24, 2.45) is 7.05 Å². The molecule has 1 amide bonds. The van der Waals surface area contributed by atoms with Crippen LogP contribution in [0.25, 0.3) is 0 Å². The van der Waals surface area contributed by atoms with Gasteiger partial charge in [-0.2, -0.15) is 28.5 Å². The number of amides is 1. The molecule has 3 rings (SSSR count). The summed E-state index contributed by atoms with van der Waals surface area (Å²) in [6.07, 6.45) is 0.191. The first kappa shape index (κ1) is 18.7. The van der Waals surface area contributed by atoms with Crippen molar-refractivity contribution in [2.75, 3.05) is 5.32 Å². The normalized spacial score (nSPS) is 11.8. The summed E-state index contributed by atoms with van der Waals surface area (Å²) < 4.78 is 42.5. The summed E-state index contributed by atoms with van der Waals surface area (Å²) in [5.74, 6) is -0.740. The Bertz CT molecular complexity index is 967. The van der Waals surface area contributed by atoms with Crippen molar-refractivity contribution >= 4 is 11.6 Å². The summed E-state index contributed by atoms with van der Waals surface area (Å²) in [4.78, 5) is 12.2. The predicted octanol–water partition coefficient (Wildman–Crippen LogP) is 2.46. The second-order valence-electron chi connectivity index (χ2n) is 5.99. The number of hydrogen-bond acceptors (Lipinski definition) is 4. The number of alkyl halides is 3. The van der Waals surface area contributed by atoms with Crippen LogP contribution in [-0.2, 0) is 26.3 Å². The van der Waals surface area contributed by atoms with E-state index in [0.717, 1.165) is 24.8 Å². The van der Waals surface area contributed by atoms with Crippen molar-refractivity contribution in [3.05, 3.63) is 47.3 Å². The zero-order valence-corrected chi connectivity index (χ0v) is 14.9. The molecule has 0 saturated carbocycles. The van der Waals surface area contributed by atoms with Gasteiger partial charge >= 0.3 is 6.18 Å². The molecule has 1 N–H and O–H groups in total. The van der Waals surface area contributed by atoms with Crippen LogP contribution in [0.1, 0.15) is 34.4 Å². The van der Waals surface area contributed by atoms with Crippen molar-refractivity contribution in [3.63, 3.8) is 0 Å². The minimum absolute atomic E-state index is 0.322. The number of rotatable bonds is 5. The van der Waals surface area contributed by atoms with E-state index in [1.807, 2.05) is 18.5 Å². The molecule has 3 heterocycles. The topological polar surface area (TPSA) is 82.6 Å². The van der Waals surface area contributed by atoms with Gasteiger partial charge in [0, 0.05) is 37.1 Å². The second-order valence-corrected chi connectivity index (χ2v) is 5.99. The molecule has 11 heteroatoms. The average Bonchev–Trinajstić information content (AvgIpc) is 3.28. The molecule has 0 aromatic carbocycles. The van der Waals surface area contributed by atoms with Gasteiger partial charge in [-0.3, -0.25) is 18.8 Å². The number of anilines is 1. The number of carbonyl (C=O) groups excluding carboxylic acids is 1. The highest BCUT2D eigenvalue weighted by atomic mass is 19.4. The van der Waals surface area contributed by atoms with Gasteiger partial charge < -0.3 is 5.32 Å². The lowest BCUT2D eigenvalue weighted by atomic mass is 10.2. The molecule has 0 aliphatic carbocycles. The van der Waals surface area contributed by atoms with Crippen molar-refractivity contribution in [3.8, 4) is 0 Å². The molecular formula is C16H18F3N7O. The van der Waals surface area contributed by atoms with Crippen LogP contribution in [0, 0.1) is 6.92 Å². The van der Waals surface area contributed by atoms with Crippen molar-refractivity contribution in [1.29, 1.82) is 0 Å². The molecule has 0 spiro atoms. The van der Waals surface area contributed by atoms with E-state index in [1.54, 1.807) is 17.1 Å². The van der Waals surface area contributed by atoms with E-state index in [2.05, 4.69) is 20.6 Å². The highest BCUT2D eigenvalue weighted by Gasteiger charge is 2.35. The Hall–Kier alpha value is -3.11. The standard InChI is InChI=1S/C16H18F3N7O/c1-4-26-10(2)11(6-21-26)8-25-9-12(7-20-25)22-15(27)13-5-14(16(17,18)19)24(3)23-13/h5-7,9H,4,8H2,1-3H3,(H,22,27). The minimum Gasteiger partial charge on any atom is -0.318 e. The molecule has 0 aliphatic rings. The van der Waals surface area contributed by atoms with E-state index in [1.165, 1.54) is 6.20 Å². The van der Waals surface area contributed by atoms with Gasteiger partial charge in [0.15, 0.2) is 5.69 Å². The summed E-state index contributed by atoms with van der Waals surface area (Å²) in [6, 6.07) is 0.711. The first-order valence-electron chi connectivity index (χ1n) is 8.15. The molecule has 0 unspecified atom stereocenters. The SMILES string of the molecule is CCn1ncc(Cn2cc(NC(=O)c3cc(C(F)(F)F)n(C)n3)cn2)c1C. The van der Waals surface area contributed by atoms with Crippen LogP contribution >= 0.6 is 0 Å². The Kier molecular flexibility index (Phi) is 4.77. The van der Waals surface area contributed by atoms with Gasteiger partial charge in [0.2, 0.25) is 0 Å². The van der Waals surface area contributed by atoms with Gasteiger partial charge in [-0.1, -0.05) is 0 Å². The fourth-order valence-electron chi connectivity index (χ4n) is 2.69. The number of nitrogens with one attached hydrogen (secondary N) is 1. The maximum atomic E-state index is 12.8. The lowest BCUT2D eigenvalue weighted by Gasteiger charge is -2.04. The first-order chi connectivity index (χ1) is 12.7. The number of aromatic nitrogens is 6. The predicted molar refractivity (Wildman–Crippen MR) is 90.1 cm³/mol. The third-order valence-corrected chi connectivity index (χ3v) is 4.13. The van der Waals surface area contributed by atoms with E-state index >= 15 is 0 Å². The van der Waals surface area contributed by atoms with E-state index in [-0.39, 0.29) is 5.69 Å². The molecule has 27 heavy (non-hydrogen) atoms. The quantitative estimate of drug-likeness (QED) is 0.736. The molecule has 0 aliphatic heterocycles. The van der Waals surface area contributed by atoms with E-state index in [4.69, 9.17) is 0 Å². The molecule has 0 bridgehead atoms. The third kappa shape index (κ3) is 3.86. The summed E-state index contributed by atoms with van der Waals surface area (Å²) in [5, 5.41) is 14.5. The molecule has 0 atom stereocenters. The van der Waals surface area contributed by atoms with Crippen LogP contribution < -0.4 is 5.32 Å². The van der Waals surface area contributed by atoms with Gasteiger partial charge in [0.25, 0.3) is 5.91 Å². The lowest BCUT2D eigenvalue weighted by molar-refractivity contribution is -0.143. The second kappa shape index (κ2) is 6.89. The van der Waals surface area contributed by atoms with E-state index in [0.29, 0.717) is 23.0 Å². The molecule has 8 nitrogen and oxygen atoms in total. The minimum atomic E-state index is -4.58. The van der Waals surface area contributed by atoms with Crippen molar-refractivity contribution < 1.29 is 18.0 Å². The number of hydrogen-bond donors (Lipinski definition) is 1.